The van der Waals surface area contributed by atoms with Gasteiger partial charge in [-0.15, -0.1) is 0 Å². The van der Waals surface area contributed by atoms with Crippen LogP contribution in [0.4, 0.5) is 0 Å². The van der Waals surface area contributed by atoms with E-state index in [0.717, 1.165) is 89.9 Å². The lowest BCUT2D eigenvalue weighted by molar-refractivity contribution is -0.332. The standard InChI is InChI=1S/C67H112O14/c1-3-5-7-9-11-13-15-17-19-21-23-25-27-29-31-33-35-37-39-41-43-45-47-49-51-76-53-56(54-77-66-65(75)63(73)61(71)58(81-66)55-78-67-64(74)62(72)60(70)57(52-68)80-67)79-59(69)50-48-46-44-42-40-38-36-34-32-30-28-26-24-22-20-18-16-14-12-10-8-6-4-2/h5,7,11,13,16-19,22-25,29,31,35,37,41,43,56-58,60-68,70-75H,3-4,6,8-10,12,14-15,20-21,26-28,30,32-34,36,38-40,42,44-55H2,1-2H3/b7-5-,13-11-,18-16-,19-17-,24-22-,25-23-,31-29-,37-35-,43-41-. The number of unbranched alkanes of at least 4 members (excludes halogenated alkanes) is 18. The number of carbonyl (C=O) groups is 1. The average Bonchev–Trinajstić information content (AvgIpc) is 3.46. The highest BCUT2D eigenvalue weighted by molar-refractivity contribution is 5.69. The maximum atomic E-state index is 13.1. The van der Waals surface area contributed by atoms with Gasteiger partial charge in [-0.05, 0) is 103 Å². The lowest BCUT2D eigenvalue weighted by Crippen LogP contribution is -2.61. The first-order chi connectivity index (χ1) is 39.6. The molecule has 0 amide bonds. The van der Waals surface area contributed by atoms with E-state index in [1.165, 1.54) is 89.9 Å². The molecule has 0 aliphatic carbocycles. The van der Waals surface area contributed by atoms with Crippen LogP contribution in [0.15, 0.2) is 109 Å². The van der Waals surface area contributed by atoms with Crippen LogP contribution in [0, 0.1) is 0 Å². The van der Waals surface area contributed by atoms with Gasteiger partial charge in [-0.2, -0.15) is 0 Å². The number of carbonyl (C=O) groups excluding carboxylic acids is 1. The predicted octanol–water partition coefficient (Wildman–Crippen LogP) is 12.3. The Morgan fingerprint density at radius 3 is 1.26 bits per heavy atom. The smallest absolute Gasteiger partial charge is 0.306 e. The minimum Gasteiger partial charge on any atom is -0.457 e. The molecule has 11 atom stereocenters. The van der Waals surface area contributed by atoms with Crippen molar-refractivity contribution in [2.45, 2.75) is 274 Å². The highest BCUT2D eigenvalue weighted by atomic mass is 16.7. The van der Waals surface area contributed by atoms with Crippen molar-refractivity contribution >= 4 is 5.97 Å². The Morgan fingerprint density at radius 1 is 0.420 bits per heavy atom. The van der Waals surface area contributed by atoms with Crippen LogP contribution in [-0.2, 0) is 33.2 Å². The lowest BCUT2D eigenvalue weighted by Gasteiger charge is -2.42. The molecule has 0 bridgehead atoms. The van der Waals surface area contributed by atoms with Gasteiger partial charge in [0.1, 0.15) is 54.9 Å². The molecule has 0 aromatic heterocycles. The number of aliphatic hydroxyl groups is 7. The third-order valence-electron chi connectivity index (χ3n) is 14.3. The molecule has 14 nitrogen and oxygen atoms in total. The summed E-state index contributed by atoms with van der Waals surface area (Å²) >= 11 is 0. The number of aliphatic hydroxyl groups excluding tert-OH is 7. The molecule has 0 spiro atoms. The molecule has 464 valence electrons. The van der Waals surface area contributed by atoms with Gasteiger partial charge in [0.15, 0.2) is 12.6 Å². The number of hydrogen-bond donors (Lipinski definition) is 7. The van der Waals surface area contributed by atoms with Crippen molar-refractivity contribution in [3.8, 4) is 0 Å². The molecule has 0 saturated carbocycles. The predicted molar refractivity (Wildman–Crippen MR) is 325 cm³/mol. The fourth-order valence-electron chi connectivity index (χ4n) is 9.24. The van der Waals surface area contributed by atoms with Crippen molar-refractivity contribution in [2.75, 3.05) is 33.0 Å². The van der Waals surface area contributed by atoms with Gasteiger partial charge in [-0.3, -0.25) is 4.79 Å². The fraction of sp³-hybridized carbons (Fsp3) is 0.716. The van der Waals surface area contributed by atoms with Gasteiger partial charge in [-0.1, -0.05) is 207 Å². The van der Waals surface area contributed by atoms with Gasteiger partial charge < -0.3 is 64.2 Å². The van der Waals surface area contributed by atoms with Crippen molar-refractivity contribution < 1.29 is 69.0 Å². The Balaban J connectivity index is 1.72. The highest BCUT2D eigenvalue weighted by Gasteiger charge is 2.47. The van der Waals surface area contributed by atoms with Crippen LogP contribution in [0.5, 0.6) is 0 Å². The molecule has 11 unspecified atom stereocenters. The maximum absolute atomic E-state index is 13.1. The van der Waals surface area contributed by atoms with Crippen molar-refractivity contribution in [2.24, 2.45) is 0 Å². The zero-order valence-electron chi connectivity index (χ0n) is 50.0. The lowest BCUT2D eigenvalue weighted by atomic mass is 9.98. The van der Waals surface area contributed by atoms with E-state index in [4.69, 9.17) is 28.4 Å². The zero-order chi connectivity index (χ0) is 58.6. The van der Waals surface area contributed by atoms with Crippen LogP contribution in [-0.4, -0.2) is 142 Å². The highest BCUT2D eigenvalue weighted by Crippen LogP contribution is 2.27. The first-order valence-corrected chi connectivity index (χ1v) is 31.5. The van der Waals surface area contributed by atoms with Gasteiger partial charge in [-0.25, -0.2) is 0 Å². The molecule has 2 aliphatic rings. The van der Waals surface area contributed by atoms with Crippen molar-refractivity contribution in [3.63, 3.8) is 0 Å². The fourth-order valence-corrected chi connectivity index (χ4v) is 9.24. The number of ether oxygens (including phenoxy) is 6. The molecule has 0 aromatic rings. The molecule has 2 heterocycles. The second-order valence-electron chi connectivity index (χ2n) is 21.5. The second kappa shape index (κ2) is 52.2. The van der Waals surface area contributed by atoms with Gasteiger partial charge in [0.2, 0.25) is 0 Å². The first kappa shape index (κ1) is 73.8. The molecule has 14 heteroatoms. The minimum absolute atomic E-state index is 0.0240. The van der Waals surface area contributed by atoms with E-state index < -0.39 is 86.7 Å². The number of hydrogen-bond acceptors (Lipinski definition) is 14. The molecule has 2 fully saturated rings. The summed E-state index contributed by atoms with van der Waals surface area (Å²) in [6.45, 7) is 3.45. The van der Waals surface area contributed by atoms with Gasteiger partial charge in [0, 0.05) is 13.0 Å². The summed E-state index contributed by atoms with van der Waals surface area (Å²) in [4.78, 5) is 13.1. The summed E-state index contributed by atoms with van der Waals surface area (Å²) in [6.07, 6.45) is 55.8. The van der Waals surface area contributed by atoms with E-state index >= 15 is 0 Å². The van der Waals surface area contributed by atoms with Crippen LogP contribution in [0.25, 0.3) is 0 Å². The molecule has 7 N–H and O–H groups in total. The Morgan fingerprint density at radius 2 is 0.802 bits per heavy atom. The van der Waals surface area contributed by atoms with E-state index in [2.05, 4.69) is 123 Å². The number of esters is 1. The van der Waals surface area contributed by atoms with Gasteiger partial charge in [0.05, 0.1) is 26.4 Å². The molecule has 2 rings (SSSR count). The molecular weight excluding hydrogens is 1030 g/mol. The monoisotopic (exact) mass is 1140 g/mol. The van der Waals surface area contributed by atoms with E-state index in [1.807, 2.05) is 0 Å². The summed E-state index contributed by atoms with van der Waals surface area (Å²) in [5.41, 5.74) is 0. The van der Waals surface area contributed by atoms with E-state index in [0.29, 0.717) is 13.0 Å². The van der Waals surface area contributed by atoms with E-state index in [1.54, 1.807) is 0 Å². The summed E-state index contributed by atoms with van der Waals surface area (Å²) in [5, 5.41) is 72.5. The summed E-state index contributed by atoms with van der Waals surface area (Å²) < 4.78 is 34.4. The Bertz CT molecular complexity index is 1750. The second-order valence-corrected chi connectivity index (χ2v) is 21.5. The molecule has 0 radical (unpaired) electrons. The molecule has 2 aliphatic heterocycles. The van der Waals surface area contributed by atoms with Crippen molar-refractivity contribution in [1.82, 2.24) is 0 Å². The van der Waals surface area contributed by atoms with E-state index in [9.17, 15) is 40.5 Å². The van der Waals surface area contributed by atoms with Crippen LogP contribution < -0.4 is 0 Å². The SMILES string of the molecule is CC/C=C\C/C=C\C/C=C\C/C=C\C/C=C\C/C=C\C/C=C\CCCCOCC(COC1OC(COC2OC(CO)C(O)C(O)C2O)C(O)C(O)C1O)OC(=O)CCCCCCCCCCCCC/C=C\C/C=C\CCCCCCC. The summed E-state index contributed by atoms with van der Waals surface area (Å²) in [7, 11) is 0. The topological polar surface area (TPSA) is 214 Å². The van der Waals surface area contributed by atoms with Crippen molar-refractivity contribution in [3.05, 3.63) is 109 Å². The first-order valence-electron chi connectivity index (χ1n) is 31.5. The third kappa shape index (κ3) is 38.3. The van der Waals surface area contributed by atoms with Crippen LogP contribution in [0.2, 0.25) is 0 Å². The van der Waals surface area contributed by atoms with Crippen molar-refractivity contribution in [1.29, 1.82) is 0 Å². The summed E-state index contributed by atoms with van der Waals surface area (Å²) in [5.74, 6) is -0.397. The maximum Gasteiger partial charge on any atom is 0.306 e. The molecular formula is C67H112O14. The Hall–Kier alpha value is -3.35. The van der Waals surface area contributed by atoms with Crippen LogP contribution >= 0.6 is 0 Å². The minimum atomic E-state index is -1.72. The number of rotatable bonds is 50. The average molecular weight is 1140 g/mol. The molecule has 81 heavy (non-hydrogen) atoms. The summed E-state index contributed by atoms with van der Waals surface area (Å²) in [6, 6.07) is 0. The normalized spacial score (nSPS) is 24.5. The largest absolute Gasteiger partial charge is 0.457 e. The quantitative estimate of drug-likeness (QED) is 0.0172. The van der Waals surface area contributed by atoms with Gasteiger partial charge in [0.25, 0.3) is 0 Å². The number of allylic oxidation sites excluding steroid dienone is 18. The van der Waals surface area contributed by atoms with Crippen LogP contribution in [0.1, 0.15) is 206 Å². The van der Waals surface area contributed by atoms with Crippen LogP contribution in [0.3, 0.4) is 0 Å². The van der Waals surface area contributed by atoms with Gasteiger partial charge >= 0.3 is 5.97 Å². The van der Waals surface area contributed by atoms with E-state index in [-0.39, 0.29) is 19.6 Å². The molecule has 2 saturated heterocycles. The third-order valence-corrected chi connectivity index (χ3v) is 14.3. The Kier molecular flexibility index (Phi) is 47.5. The molecule has 0 aromatic carbocycles. The Labute approximate surface area is 489 Å². The zero-order valence-corrected chi connectivity index (χ0v) is 50.0.